The third-order valence-electron chi connectivity index (χ3n) is 4.39. The minimum Gasteiger partial charge on any atom is -0.411 e. The van der Waals surface area contributed by atoms with Gasteiger partial charge in [0.1, 0.15) is 36.6 Å². The van der Waals surface area contributed by atoms with Crippen molar-refractivity contribution in [3.8, 4) is 0 Å². The average molecular weight is 588 g/mol. The molecule has 40 heavy (non-hydrogen) atoms. The van der Waals surface area contributed by atoms with Crippen LogP contribution in [0.5, 0.6) is 0 Å². The number of rotatable bonds is 22. The fourth-order valence-electron chi connectivity index (χ4n) is 2.65. The standard InChI is InChI=1S/C18H32N6O16/c25-7-13(10(28)1-19-30)39-17(5-23-34)38-12(3-21-32)15(9-27)40-18(6-24-35)37-11(2-20-31)14(8-26)36-16(29)4-22-33/h1-6,10-18,25-35H,7-9H2/b19-1+,20-2+,21-3+,22-4+,23-5+,24-6+/t10-,11-,12-,13+,14+,15+,16+,17+,18+/m0/s1. The van der Waals surface area contributed by atoms with Crippen LogP contribution in [0, 0.1) is 0 Å². The van der Waals surface area contributed by atoms with E-state index in [1.807, 2.05) is 0 Å². The molecule has 0 amide bonds. The first-order valence-electron chi connectivity index (χ1n) is 10.8. The summed E-state index contributed by atoms with van der Waals surface area (Å²) in [6, 6.07) is 0. The third-order valence-corrected chi connectivity index (χ3v) is 4.39. The number of ether oxygens (including phenoxy) is 5. The largest absolute Gasteiger partial charge is 0.411 e. The molecule has 0 aromatic heterocycles. The Labute approximate surface area is 224 Å². The third kappa shape index (κ3) is 14.0. The molecule has 0 aliphatic heterocycles. The van der Waals surface area contributed by atoms with Crippen LogP contribution in [0.15, 0.2) is 30.9 Å². The van der Waals surface area contributed by atoms with Crippen LogP contribution in [0.1, 0.15) is 0 Å². The molecule has 9 atom stereocenters. The first-order chi connectivity index (χ1) is 19.3. The second-order valence-electron chi connectivity index (χ2n) is 6.98. The highest BCUT2D eigenvalue weighted by Gasteiger charge is 2.33. The number of oxime groups is 6. The predicted molar refractivity (Wildman–Crippen MR) is 127 cm³/mol. The van der Waals surface area contributed by atoms with Gasteiger partial charge in [-0.25, -0.2) is 0 Å². The van der Waals surface area contributed by atoms with Gasteiger partial charge in [-0.05, 0) is 0 Å². The Morgan fingerprint density at radius 2 is 0.825 bits per heavy atom. The predicted octanol–water partition coefficient (Wildman–Crippen LogP) is -4.02. The van der Waals surface area contributed by atoms with Crippen LogP contribution in [0.4, 0.5) is 0 Å². The van der Waals surface area contributed by atoms with Crippen molar-refractivity contribution >= 4 is 37.3 Å². The molecule has 0 radical (unpaired) electrons. The van der Waals surface area contributed by atoms with Crippen LogP contribution in [-0.4, -0.2) is 169 Å². The molecule has 0 fully saturated rings. The quantitative estimate of drug-likeness (QED) is 0.0248. The van der Waals surface area contributed by atoms with Crippen molar-refractivity contribution in [1.29, 1.82) is 0 Å². The fraction of sp³-hybridized carbons (Fsp3) is 0.667. The van der Waals surface area contributed by atoms with E-state index in [-0.39, 0.29) is 0 Å². The number of hydrogen-bond donors (Lipinski definition) is 11. The zero-order valence-electron chi connectivity index (χ0n) is 20.4. The SMILES string of the molecule is OC[C@@H](O[C@H](/C=N/O)O[C@@H](/C=N/O)[C@@H](CO)O[C@@H](O)/C=N/O)[C@H](/C=N/O)O[C@@H](/C=N/O)O[C@H](CO)[C@@H](O)/C=N/O. The van der Waals surface area contributed by atoms with Gasteiger partial charge < -0.3 is 80.5 Å². The van der Waals surface area contributed by atoms with Gasteiger partial charge in [-0.1, -0.05) is 30.9 Å². The van der Waals surface area contributed by atoms with Crippen molar-refractivity contribution < 1.29 is 80.5 Å². The molecule has 0 spiro atoms. The van der Waals surface area contributed by atoms with Crippen molar-refractivity contribution in [2.45, 2.75) is 55.5 Å². The Hall–Kier alpha value is -3.58. The van der Waals surface area contributed by atoms with Crippen LogP contribution in [-0.2, 0) is 23.7 Å². The van der Waals surface area contributed by atoms with Crippen molar-refractivity contribution in [2.75, 3.05) is 19.8 Å². The molecule has 0 saturated carbocycles. The summed E-state index contributed by atoms with van der Waals surface area (Å²) in [5, 5.41) is 117. The van der Waals surface area contributed by atoms with Crippen LogP contribution in [0.2, 0.25) is 0 Å². The van der Waals surface area contributed by atoms with Gasteiger partial charge in [0.2, 0.25) is 0 Å². The number of aliphatic hydroxyl groups is 5. The Morgan fingerprint density at radius 3 is 1.20 bits per heavy atom. The molecule has 0 aromatic carbocycles. The van der Waals surface area contributed by atoms with E-state index < -0.39 is 75.3 Å². The molecule has 22 heteroatoms. The molecule has 0 unspecified atom stereocenters. The lowest BCUT2D eigenvalue weighted by Gasteiger charge is -2.31. The van der Waals surface area contributed by atoms with Crippen molar-refractivity contribution in [3.05, 3.63) is 0 Å². The molecule has 0 aromatic rings. The van der Waals surface area contributed by atoms with E-state index in [1.165, 1.54) is 0 Å². The summed E-state index contributed by atoms with van der Waals surface area (Å²) in [6.45, 7) is -2.66. The zero-order chi connectivity index (χ0) is 30.3. The molecule has 11 N–H and O–H groups in total. The van der Waals surface area contributed by atoms with Crippen LogP contribution >= 0.6 is 0 Å². The van der Waals surface area contributed by atoms with Crippen molar-refractivity contribution in [2.24, 2.45) is 30.9 Å². The van der Waals surface area contributed by atoms with Crippen LogP contribution in [0.25, 0.3) is 0 Å². The van der Waals surface area contributed by atoms with Gasteiger partial charge in [0.15, 0.2) is 18.9 Å². The summed E-state index contributed by atoms with van der Waals surface area (Å²) in [5.41, 5.74) is 0. The van der Waals surface area contributed by atoms with Gasteiger partial charge in [0.05, 0.1) is 57.1 Å². The van der Waals surface area contributed by atoms with E-state index >= 15 is 0 Å². The molecule has 0 heterocycles. The summed E-state index contributed by atoms with van der Waals surface area (Å²) in [6.07, 6.45) is -11.2. The number of aliphatic hydroxyl groups excluding tert-OH is 5. The summed E-state index contributed by atoms with van der Waals surface area (Å²) in [4.78, 5) is 0. The maximum atomic E-state index is 9.88. The van der Waals surface area contributed by atoms with Gasteiger partial charge in [0.25, 0.3) is 0 Å². The number of nitrogens with zero attached hydrogens (tertiary/aromatic N) is 6. The van der Waals surface area contributed by atoms with E-state index in [1.54, 1.807) is 0 Å². The van der Waals surface area contributed by atoms with Crippen molar-refractivity contribution in [3.63, 3.8) is 0 Å². The highest BCUT2D eigenvalue weighted by Crippen LogP contribution is 2.15. The molecular weight excluding hydrogens is 556 g/mol. The summed E-state index contributed by atoms with van der Waals surface area (Å²) in [7, 11) is 0. The van der Waals surface area contributed by atoms with Gasteiger partial charge in [0, 0.05) is 0 Å². The lowest BCUT2D eigenvalue weighted by Crippen LogP contribution is -2.47. The number of hydrogen-bond acceptors (Lipinski definition) is 22. The Kier molecular flexibility index (Phi) is 20.3. The average Bonchev–Trinajstić information content (AvgIpc) is 2.93. The van der Waals surface area contributed by atoms with Gasteiger partial charge in [-0.2, -0.15) is 0 Å². The van der Waals surface area contributed by atoms with E-state index in [2.05, 4.69) is 30.9 Å². The fourth-order valence-corrected chi connectivity index (χ4v) is 2.65. The van der Waals surface area contributed by atoms with E-state index in [4.69, 9.17) is 54.9 Å². The summed E-state index contributed by atoms with van der Waals surface area (Å²) < 4.78 is 26.4. The highest BCUT2D eigenvalue weighted by atomic mass is 16.7. The first kappa shape index (κ1) is 36.4. The minimum atomic E-state index is -1.86. The van der Waals surface area contributed by atoms with Crippen molar-refractivity contribution in [1.82, 2.24) is 0 Å². The summed E-state index contributed by atoms with van der Waals surface area (Å²) >= 11 is 0. The van der Waals surface area contributed by atoms with Gasteiger partial charge >= 0.3 is 0 Å². The molecule has 0 aliphatic rings. The Morgan fingerprint density at radius 1 is 0.450 bits per heavy atom. The van der Waals surface area contributed by atoms with Gasteiger partial charge in [-0.3, -0.25) is 0 Å². The highest BCUT2D eigenvalue weighted by molar-refractivity contribution is 5.67. The lowest BCUT2D eigenvalue weighted by molar-refractivity contribution is -0.223. The normalized spacial score (nSPS) is 20.0. The molecule has 0 aliphatic carbocycles. The van der Waals surface area contributed by atoms with E-state index in [9.17, 15) is 25.5 Å². The second-order valence-corrected chi connectivity index (χ2v) is 6.98. The Bertz CT molecular complexity index is 817. The topological polar surface area (TPSA) is 343 Å². The molecule has 230 valence electrons. The maximum Gasteiger partial charge on any atom is 0.198 e. The zero-order valence-corrected chi connectivity index (χ0v) is 20.4. The molecule has 0 bridgehead atoms. The van der Waals surface area contributed by atoms with Gasteiger partial charge in [-0.15, -0.1) is 0 Å². The molecule has 22 nitrogen and oxygen atoms in total. The maximum absolute atomic E-state index is 9.88. The Balaban J connectivity index is 5.93. The second kappa shape index (κ2) is 22.3. The van der Waals surface area contributed by atoms with E-state index in [0.29, 0.717) is 37.3 Å². The smallest absolute Gasteiger partial charge is 0.198 e. The molecule has 0 saturated heterocycles. The van der Waals surface area contributed by atoms with E-state index in [0.717, 1.165) is 0 Å². The monoisotopic (exact) mass is 588 g/mol. The summed E-state index contributed by atoms with van der Waals surface area (Å²) in [5.74, 6) is 0. The molecular formula is C18H32N6O16. The molecule has 0 rings (SSSR count). The van der Waals surface area contributed by atoms with Crippen LogP contribution < -0.4 is 0 Å². The first-order valence-corrected chi connectivity index (χ1v) is 10.8. The lowest BCUT2D eigenvalue weighted by atomic mass is 10.2. The minimum absolute atomic E-state index is 0.530. The van der Waals surface area contributed by atoms with Crippen LogP contribution in [0.3, 0.4) is 0 Å².